The van der Waals surface area contributed by atoms with Gasteiger partial charge in [0.15, 0.2) is 0 Å². The Balaban J connectivity index is 1.15. The predicted octanol–water partition coefficient (Wildman–Crippen LogP) is 16.3. The first-order valence-corrected chi connectivity index (χ1v) is 21.5. The lowest BCUT2D eigenvalue weighted by atomic mass is 9.67. The molecule has 0 saturated carbocycles. The third-order valence-electron chi connectivity index (χ3n) is 12.9. The minimum Gasteiger partial charge on any atom is -0.310 e. The number of rotatable bonds is 8. The molecular weight excluding hydrogens is 735 g/mol. The largest absolute Gasteiger partial charge is 0.310 e. The van der Waals surface area contributed by atoms with Crippen molar-refractivity contribution >= 4 is 38.6 Å². The summed E-state index contributed by atoms with van der Waals surface area (Å²) < 4.78 is 0. The molecule has 1 aliphatic carbocycles. The Morgan fingerprint density at radius 3 is 1.54 bits per heavy atom. The molecule has 0 spiro atoms. The minimum absolute atomic E-state index is 0.362. The summed E-state index contributed by atoms with van der Waals surface area (Å²) in [5.41, 5.74) is 16.9. The average Bonchev–Trinajstić information content (AvgIpc) is 3.63. The van der Waals surface area contributed by atoms with Gasteiger partial charge in [0.1, 0.15) is 0 Å². The van der Waals surface area contributed by atoms with Gasteiger partial charge in [0.25, 0.3) is 0 Å². The fourth-order valence-corrected chi connectivity index (χ4v) is 10.1. The van der Waals surface area contributed by atoms with Crippen LogP contribution in [0.5, 0.6) is 0 Å². The molecule has 1 aliphatic rings. The van der Waals surface area contributed by atoms with Crippen LogP contribution in [0, 0.1) is 0 Å². The molecule has 0 heterocycles. The van der Waals surface area contributed by atoms with Gasteiger partial charge in [0, 0.05) is 16.8 Å². The van der Waals surface area contributed by atoms with Gasteiger partial charge in [-0.15, -0.1) is 0 Å². The summed E-state index contributed by atoms with van der Waals surface area (Å²) >= 11 is 0. The Morgan fingerprint density at radius 2 is 0.902 bits per heavy atom. The lowest BCUT2D eigenvalue weighted by molar-refractivity contribution is 0.765. The van der Waals surface area contributed by atoms with E-state index < -0.39 is 5.41 Å². The van der Waals surface area contributed by atoms with E-state index in [0.717, 1.165) is 17.1 Å². The molecule has 10 aromatic rings. The van der Waals surface area contributed by atoms with Gasteiger partial charge in [-0.3, -0.25) is 0 Å². The quantitative estimate of drug-likeness (QED) is 0.148. The molecule has 61 heavy (non-hydrogen) atoms. The van der Waals surface area contributed by atoms with Crippen molar-refractivity contribution in [3.05, 3.63) is 258 Å². The molecule has 0 bridgehead atoms. The maximum Gasteiger partial charge on any atom is 0.0714 e. The molecule has 1 heteroatoms. The molecule has 0 radical (unpaired) electrons. The number of anilines is 3. The van der Waals surface area contributed by atoms with Gasteiger partial charge >= 0.3 is 0 Å². The van der Waals surface area contributed by atoms with Crippen LogP contribution in [0.3, 0.4) is 0 Å². The second kappa shape index (κ2) is 15.0. The van der Waals surface area contributed by atoms with Crippen LogP contribution in [0.2, 0.25) is 0 Å². The summed E-state index contributed by atoms with van der Waals surface area (Å²) in [5, 5.41) is 4.89. The van der Waals surface area contributed by atoms with Crippen LogP contribution >= 0.6 is 0 Å². The first-order chi connectivity index (χ1) is 30.1. The van der Waals surface area contributed by atoms with E-state index in [1.54, 1.807) is 0 Å². The third-order valence-corrected chi connectivity index (χ3v) is 12.9. The van der Waals surface area contributed by atoms with Crippen molar-refractivity contribution in [2.75, 3.05) is 4.90 Å². The van der Waals surface area contributed by atoms with Crippen LogP contribution in [0.4, 0.5) is 17.1 Å². The third kappa shape index (κ3) is 6.00. The van der Waals surface area contributed by atoms with Crippen molar-refractivity contribution in [2.45, 2.75) is 25.2 Å². The van der Waals surface area contributed by atoms with Crippen molar-refractivity contribution in [3.8, 4) is 33.4 Å². The predicted molar refractivity (Wildman–Crippen MR) is 258 cm³/mol. The van der Waals surface area contributed by atoms with Crippen LogP contribution < -0.4 is 4.90 Å². The Morgan fingerprint density at radius 1 is 0.377 bits per heavy atom. The summed E-state index contributed by atoms with van der Waals surface area (Å²) in [6.07, 6.45) is 0. The number of hydrogen-bond donors (Lipinski definition) is 0. The van der Waals surface area contributed by atoms with E-state index in [2.05, 4.69) is 249 Å². The molecule has 0 amide bonds. The minimum atomic E-state index is -0.522. The lowest BCUT2D eigenvalue weighted by Gasteiger charge is -2.35. The van der Waals surface area contributed by atoms with E-state index in [1.807, 2.05) is 0 Å². The first kappa shape index (κ1) is 36.6. The van der Waals surface area contributed by atoms with Crippen molar-refractivity contribution < 1.29 is 0 Å². The van der Waals surface area contributed by atoms with E-state index in [0.29, 0.717) is 5.92 Å². The monoisotopic (exact) mass is 779 g/mol. The SMILES string of the molecule is CC(C)c1cccc2c1-c1ccc(N(c3ccc(-c4cc5ccccc5cc4-c4ccccc4)cc3)c3cccc4ccccc34)cc1C2(c1ccccc1)c1ccccc1. The van der Waals surface area contributed by atoms with Crippen LogP contribution in [-0.2, 0) is 5.41 Å². The first-order valence-electron chi connectivity index (χ1n) is 21.5. The molecule has 0 fully saturated rings. The zero-order chi connectivity index (χ0) is 40.9. The fourth-order valence-electron chi connectivity index (χ4n) is 10.1. The normalized spacial score (nSPS) is 12.7. The molecule has 290 valence electrons. The van der Waals surface area contributed by atoms with Gasteiger partial charge in [-0.05, 0) is 126 Å². The van der Waals surface area contributed by atoms with Crippen molar-refractivity contribution in [3.63, 3.8) is 0 Å². The maximum absolute atomic E-state index is 2.49. The second-order valence-corrected chi connectivity index (χ2v) is 16.6. The number of fused-ring (bicyclic) bond motifs is 5. The zero-order valence-electron chi connectivity index (χ0n) is 34.5. The number of nitrogens with zero attached hydrogens (tertiary/aromatic N) is 1. The molecule has 1 nitrogen and oxygen atoms in total. The van der Waals surface area contributed by atoms with E-state index in [9.17, 15) is 0 Å². The number of benzene rings is 10. The average molecular weight is 780 g/mol. The summed E-state index contributed by atoms with van der Waals surface area (Å²) in [5.74, 6) is 0.362. The molecular formula is C60H45N. The van der Waals surface area contributed by atoms with E-state index in [-0.39, 0.29) is 0 Å². The topological polar surface area (TPSA) is 3.24 Å². The highest BCUT2D eigenvalue weighted by molar-refractivity contribution is 6.01. The van der Waals surface area contributed by atoms with Gasteiger partial charge in [-0.25, -0.2) is 0 Å². The van der Waals surface area contributed by atoms with Crippen LogP contribution in [0.25, 0.3) is 54.9 Å². The Hall–Kier alpha value is -7.48. The van der Waals surface area contributed by atoms with E-state index in [1.165, 1.54) is 82.7 Å². The maximum atomic E-state index is 2.49. The Bertz CT molecular complexity index is 3160. The Labute approximate surface area is 358 Å². The van der Waals surface area contributed by atoms with Gasteiger partial charge in [-0.1, -0.05) is 202 Å². The molecule has 0 atom stereocenters. The van der Waals surface area contributed by atoms with Crippen molar-refractivity contribution in [1.82, 2.24) is 0 Å². The van der Waals surface area contributed by atoms with Crippen molar-refractivity contribution in [2.24, 2.45) is 0 Å². The number of hydrogen-bond acceptors (Lipinski definition) is 1. The van der Waals surface area contributed by atoms with E-state index >= 15 is 0 Å². The highest BCUT2D eigenvalue weighted by Gasteiger charge is 2.47. The standard InChI is InChI=1S/C60H45N/c1-41(2)51-29-17-30-56-59(51)53-37-36-50(40-57(53)60(56,47-24-8-4-9-25-47)48-26-10-5-11-27-48)61(58-31-16-23-42-20-14-15-28-52(42)58)49-34-32-44(33-35-49)55-39-46-22-13-12-21-45(46)38-54(55)43-18-6-3-7-19-43/h3-41H,1-2H3. The molecule has 0 aromatic heterocycles. The molecule has 0 saturated heterocycles. The smallest absolute Gasteiger partial charge is 0.0714 e. The molecule has 10 aromatic carbocycles. The van der Waals surface area contributed by atoms with E-state index in [4.69, 9.17) is 0 Å². The highest BCUT2D eigenvalue weighted by atomic mass is 15.1. The van der Waals surface area contributed by atoms with Crippen molar-refractivity contribution in [1.29, 1.82) is 0 Å². The molecule has 11 rings (SSSR count). The summed E-state index contributed by atoms with van der Waals surface area (Å²) in [6.45, 7) is 4.64. The van der Waals surface area contributed by atoms with Gasteiger partial charge < -0.3 is 4.90 Å². The second-order valence-electron chi connectivity index (χ2n) is 16.6. The van der Waals surface area contributed by atoms with Crippen LogP contribution in [0.1, 0.15) is 47.6 Å². The van der Waals surface area contributed by atoms with Crippen LogP contribution in [-0.4, -0.2) is 0 Å². The fraction of sp³-hybridized carbons (Fsp3) is 0.0667. The summed E-state index contributed by atoms with van der Waals surface area (Å²) in [4.78, 5) is 2.47. The van der Waals surface area contributed by atoms with Gasteiger partial charge in [-0.2, -0.15) is 0 Å². The molecule has 0 N–H and O–H groups in total. The van der Waals surface area contributed by atoms with Gasteiger partial charge in [0.05, 0.1) is 11.1 Å². The summed E-state index contributed by atoms with van der Waals surface area (Å²) in [6, 6.07) is 85.3. The lowest BCUT2D eigenvalue weighted by Crippen LogP contribution is -2.28. The molecule has 0 unspecified atom stereocenters. The molecule has 0 aliphatic heterocycles. The van der Waals surface area contributed by atoms with Crippen LogP contribution in [0.15, 0.2) is 231 Å². The zero-order valence-corrected chi connectivity index (χ0v) is 34.5. The highest BCUT2D eigenvalue weighted by Crippen LogP contribution is 2.59. The summed E-state index contributed by atoms with van der Waals surface area (Å²) in [7, 11) is 0. The Kier molecular flexibility index (Phi) is 8.98. The van der Waals surface area contributed by atoms with Gasteiger partial charge in [0.2, 0.25) is 0 Å².